The number of amides is 2. The smallest absolute Gasteiger partial charge is 0.312 e. The molecule has 1 fully saturated rings. The topological polar surface area (TPSA) is 65.8 Å². The van der Waals surface area contributed by atoms with E-state index >= 15 is 0 Å². The lowest BCUT2D eigenvalue weighted by atomic mass is 9.96. The summed E-state index contributed by atoms with van der Waals surface area (Å²) < 4.78 is 0. The van der Waals surface area contributed by atoms with Gasteiger partial charge in [-0.05, 0) is 49.6 Å². The number of nitrogens with one attached hydrogen (secondary N) is 2. The molecule has 1 saturated carbocycles. The highest BCUT2D eigenvalue weighted by Gasteiger charge is 2.21. The van der Waals surface area contributed by atoms with Gasteiger partial charge in [0.15, 0.2) is 0 Å². The summed E-state index contributed by atoms with van der Waals surface area (Å²) in [4.78, 5) is 12.3. The van der Waals surface area contributed by atoms with Crippen LogP contribution in [0.5, 0.6) is 0 Å². The fourth-order valence-electron chi connectivity index (χ4n) is 3.15. The molecule has 0 aromatic heterocycles. The van der Waals surface area contributed by atoms with Crippen LogP contribution in [0.4, 0.5) is 10.5 Å². The van der Waals surface area contributed by atoms with Crippen molar-refractivity contribution in [2.75, 3.05) is 5.32 Å². The molecular weight excluding hydrogens is 312 g/mol. The summed E-state index contributed by atoms with van der Waals surface area (Å²) in [5.41, 5.74) is 0.0366. The molecule has 0 unspecified atom stereocenters. The molecular formula is C20H26N4O. The van der Waals surface area contributed by atoms with Gasteiger partial charge in [-0.15, -0.1) is 0 Å². The number of urea groups is 1. The number of anilines is 1. The predicted octanol–water partition coefficient (Wildman–Crippen LogP) is 5.48. The lowest BCUT2D eigenvalue weighted by Crippen LogP contribution is -2.44. The minimum Gasteiger partial charge on any atom is -0.312 e. The SMILES string of the molecule is CC(C)(/N=N/C1CCCCC1)NC(=O)Nc1ccc2ccccc2c1. The first kappa shape index (κ1) is 17.4. The third-order valence-electron chi connectivity index (χ3n) is 4.47. The van der Waals surface area contributed by atoms with E-state index < -0.39 is 5.66 Å². The Kier molecular flexibility index (Phi) is 5.31. The second-order valence-electron chi connectivity index (χ2n) is 7.21. The molecule has 0 saturated heterocycles. The van der Waals surface area contributed by atoms with Crippen LogP contribution in [0.2, 0.25) is 0 Å². The number of rotatable bonds is 4. The molecule has 1 aliphatic rings. The van der Waals surface area contributed by atoms with Crippen LogP contribution in [0.25, 0.3) is 10.8 Å². The maximum absolute atomic E-state index is 12.3. The van der Waals surface area contributed by atoms with Crippen LogP contribution >= 0.6 is 0 Å². The number of nitrogens with zero attached hydrogens (tertiary/aromatic N) is 2. The predicted molar refractivity (Wildman–Crippen MR) is 102 cm³/mol. The standard InChI is InChI=1S/C20H26N4O/c1-20(2,24-23-17-10-4-3-5-11-17)22-19(25)21-18-13-12-15-8-6-7-9-16(15)14-18/h6-9,12-14,17H,3-5,10-11H2,1-2H3,(H2,21,22,25)/b24-23+. The zero-order valence-electron chi connectivity index (χ0n) is 15.0. The molecule has 2 aromatic rings. The third-order valence-corrected chi connectivity index (χ3v) is 4.47. The Labute approximate surface area is 148 Å². The van der Waals surface area contributed by atoms with E-state index in [4.69, 9.17) is 0 Å². The molecule has 0 bridgehead atoms. The molecule has 0 radical (unpaired) electrons. The van der Waals surface area contributed by atoms with E-state index in [2.05, 4.69) is 20.9 Å². The summed E-state index contributed by atoms with van der Waals surface area (Å²) in [6.07, 6.45) is 5.94. The van der Waals surface area contributed by atoms with E-state index in [1.165, 1.54) is 19.3 Å². The van der Waals surface area contributed by atoms with E-state index in [0.29, 0.717) is 6.04 Å². The zero-order chi connectivity index (χ0) is 17.7. The van der Waals surface area contributed by atoms with Gasteiger partial charge in [-0.1, -0.05) is 49.6 Å². The molecule has 0 atom stereocenters. The largest absolute Gasteiger partial charge is 0.321 e. The fraction of sp³-hybridized carbons (Fsp3) is 0.450. The van der Waals surface area contributed by atoms with Gasteiger partial charge in [0.25, 0.3) is 0 Å². The van der Waals surface area contributed by atoms with E-state index in [1.807, 2.05) is 56.3 Å². The number of fused-ring (bicyclic) bond motifs is 1. The van der Waals surface area contributed by atoms with Crippen molar-refractivity contribution >= 4 is 22.5 Å². The summed E-state index contributed by atoms with van der Waals surface area (Å²) in [5.74, 6) is 0. The van der Waals surface area contributed by atoms with Crippen LogP contribution in [-0.4, -0.2) is 17.7 Å². The first-order valence-electron chi connectivity index (χ1n) is 9.02. The molecule has 5 nitrogen and oxygen atoms in total. The van der Waals surface area contributed by atoms with Crippen LogP contribution in [-0.2, 0) is 0 Å². The molecule has 25 heavy (non-hydrogen) atoms. The molecule has 2 amide bonds. The minimum absolute atomic E-state index is 0.275. The number of carbonyl (C=O) groups excluding carboxylic acids is 1. The van der Waals surface area contributed by atoms with E-state index in [-0.39, 0.29) is 6.03 Å². The average molecular weight is 338 g/mol. The van der Waals surface area contributed by atoms with Crippen molar-refractivity contribution in [3.8, 4) is 0 Å². The minimum atomic E-state index is -0.724. The van der Waals surface area contributed by atoms with Crippen LogP contribution in [0.1, 0.15) is 46.0 Å². The Hall–Kier alpha value is -2.43. The number of azo groups is 1. The maximum Gasteiger partial charge on any atom is 0.321 e. The van der Waals surface area contributed by atoms with Gasteiger partial charge in [-0.25, -0.2) is 4.79 Å². The van der Waals surface area contributed by atoms with Crippen molar-refractivity contribution in [3.63, 3.8) is 0 Å². The lowest BCUT2D eigenvalue weighted by molar-refractivity contribution is 0.240. The highest BCUT2D eigenvalue weighted by Crippen LogP contribution is 2.22. The van der Waals surface area contributed by atoms with Crippen LogP contribution in [0.3, 0.4) is 0 Å². The van der Waals surface area contributed by atoms with E-state index in [1.54, 1.807) is 0 Å². The van der Waals surface area contributed by atoms with E-state index in [9.17, 15) is 4.79 Å². The van der Waals surface area contributed by atoms with Gasteiger partial charge >= 0.3 is 6.03 Å². The summed E-state index contributed by atoms with van der Waals surface area (Å²) >= 11 is 0. The number of hydrogen-bond acceptors (Lipinski definition) is 3. The molecule has 0 aliphatic heterocycles. The van der Waals surface area contributed by atoms with Gasteiger partial charge in [-0.3, -0.25) is 0 Å². The average Bonchev–Trinajstić information content (AvgIpc) is 2.60. The number of benzene rings is 2. The lowest BCUT2D eigenvalue weighted by Gasteiger charge is -2.23. The highest BCUT2D eigenvalue weighted by molar-refractivity contribution is 5.93. The Bertz CT molecular complexity index is 763. The summed E-state index contributed by atoms with van der Waals surface area (Å²) in [6, 6.07) is 14.0. The van der Waals surface area contributed by atoms with Crippen molar-refractivity contribution < 1.29 is 4.79 Å². The molecule has 2 N–H and O–H groups in total. The number of carbonyl (C=O) groups is 1. The third kappa shape index (κ3) is 5.02. The van der Waals surface area contributed by atoms with Crippen molar-refractivity contribution in [2.24, 2.45) is 10.2 Å². The van der Waals surface area contributed by atoms with Gasteiger partial charge in [0.05, 0.1) is 6.04 Å². The van der Waals surface area contributed by atoms with Crippen LogP contribution in [0.15, 0.2) is 52.7 Å². The van der Waals surface area contributed by atoms with Gasteiger partial charge in [0.1, 0.15) is 5.66 Å². The Morgan fingerprint density at radius 3 is 2.52 bits per heavy atom. The second kappa shape index (κ2) is 7.64. The van der Waals surface area contributed by atoms with Crippen LogP contribution in [0, 0.1) is 0 Å². The Balaban J connectivity index is 1.58. The molecule has 5 heteroatoms. The van der Waals surface area contributed by atoms with Gasteiger partial charge < -0.3 is 10.6 Å². The van der Waals surface area contributed by atoms with Crippen molar-refractivity contribution in [1.29, 1.82) is 0 Å². The first-order valence-corrected chi connectivity index (χ1v) is 9.02. The normalized spacial score (nSPS) is 16.2. The molecule has 132 valence electrons. The summed E-state index contributed by atoms with van der Waals surface area (Å²) in [5, 5.41) is 16.8. The molecule has 0 spiro atoms. The Morgan fingerprint density at radius 1 is 1.04 bits per heavy atom. The van der Waals surface area contributed by atoms with Crippen molar-refractivity contribution in [3.05, 3.63) is 42.5 Å². The van der Waals surface area contributed by atoms with Crippen LogP contribution < -0.4 is 10.6 Å². The second-order valence-corrected chi connectivity index (χ2v) is 7.21. The van der Waals surface area contributed by atoms with Crippen molar-refractivity contribution in [1.82, 2.24) is 5.32 Å². The summed E-state index contributed by atoms with van der Waals surface area (Å²) in [7, 11) is 0. The van der Waals surface area contributed by atoms with E-state index in [0.717, 1.165) is 29.3 Å². The molecule has 2 aromatic carbocycles. The number of hydrogen-bond donors (Lipinski definition) is 2. The zero-order valence-corrected chi connectivity index (χ0v) is 15.0. The highest BCUT2D eigenvalue weighted by atomic mass is 16.2. The summed E-state index contributed by atoms with van der Waals surface area (Å²) in [6.45, 7) is 3.72. The fourth-order valence-corrected chi connectivity index (χ4v) is 3.15. The monoisotopic (exact) mass is 338 g/mol. The molecule has 1 aliphatic carbocycles. The quantitative estimate of drug-likeness (QED) is 0.712. The Morgan fingerprint density at radius 2 is 1.76 bits per heavy atom. The first-order chi connectivity index (χ1) is 12.0. The van der Waals surface area contributed by atoms with Crippen molar-refractivity contribution in [2.45, 2.75) is 57.7 Å². The van der Waals surface area contributed by atoms with Gasteiger partial charge in [0, 0.05) is 5.69 Å². The maximum atomic E-state index is 12.3. The van der Waals surface area contributed by atoms with Gasteiger partial charge in [-0.2, -0.15) is 10.2 Å². The molecule has 0 heterocycles. The molecule has 3 rings (SSSR count). The van der Waals surface area contributed by atoms with Gasteiger partial charge in [0.2, 0.25) is 0 Å².